The topological polar surface area (TPSA) is 60.7 Å². The standard InChI is InChI=1S/C22H35BrO3S/c1-16-21(23)15-19(27-16)12-11-18(25)10-8-17-9-13-22(26)20(17)7-5-3-2-4-6-14-24/h8,10,15,17-18,20,22,24-26H,2-7,9,11-14H2,1H3/b10-8+/t17-,18+,20+,22?/m0/s1. The Labute approximate surface area is 176 Å². The van der Waals surface area contributed by atoms with Crippen LogP contribution in [0.5, 0.6) is 0 Å². The molecule has 0 saturated heterocycles. The molecular weight excluding hydrogens is 424 g/mol. The molecule has 1 saturated carbocycles. The predicted molar refractivity (Wildman–Crippen MR) is 117 cm³/mol. The molecule has 154 valence electrons. The van der Waals surface area contributed by atoms with E-state index in [0.717, 1.165) is 55.8 Å². The van der Waals surface area contributed by atoms with Crippen LogP contribution in [-0.4, -0.2) is 34.1 Å². The summed E-state index contributed by atoms with van der Waals surface area (Å²) in [4.78, 5) is 2.59. The summed E-state index contributed by atoms with van der Waals surface area (Å²) in [7, 11) is 0. The molecule has 1 aliphatic rings. The van der Waals surface area contributed by atoms with Gasteiger partial charge >= 0.3 is 0 Å². The van der Waals surface area contributed by atoms with Gasteiger partial charge in [0.2, 0.25) is 0 Å². The lowest BCUT2D eigenvalue weighted by Gasteiger charge is -2.20. The fraction of sp³-hybridized carbons (Fsp3) is 0.727. The average Bonchev–Trinajstić information content (AvgIpc) is 3.16. The molecule has 1 fully saturated rings. The first-order valence-corrected chi connectivity index (χ1v) is 12.0. The van der Waals surface area contributed by atoms with Gasteiger partial charge in [0.1, 0.15) is 0 Å². The number of thiophene rings is 1. The minimum absolute atomic E-state index is 0.194. The van der Waals surface area contributed by atoms with E-state index in [1.165, 1.54) is 22.6 Å². The van der Waals surface area contributed by atoms with Crippen molar-refractivity contribution in [3.05, 3.63) is 32.4 Å². The summed E-state index contributed by atoms with van der Waals surface area (Å²) in [5.41, 5.74) is 0. The molecule has 0 bridgehead atoms. The Bertz CT molecular complexity index is 552. The summed E-state index contributed by atoms with van der Waals surface area (Å²) in [5, 5.41) is 29.5. The van der Waals surface area contributed by atoms with Crippen LogP contribution in [-0.2, 0) is 6.42 Å². The van der Waals surface area contributed by atoms with Gasteiger partial charge in [-0.1, -0.05) is 37.8 Å². The second-order valence-corrected chi connectivity index (χ2v) is 10.1. The van der Waals surface area contributed by atoms with Crippen molar-refractivity contribution in [1.82, 2.24) is 0 Å². The van der Waals surface area contributed by atoms with Crippen molar-refractivity contribution in [1.29, 1.82) is 0 Å². The third-order valence-electron chi connectivity index (χ3n) is 5.71. The van der Waals surface area contributed by atoms with Gasteiger partial charge in [-0.25, -0.2) is 0 Å². The molecule has 0 radical (unpaired) electrons. The maximum Gasteiger partial charge on any atom is 0.0724 e. The zero-order valence-electron chi connectivity index (χ0n) is 16.4. The van der Waals surface area contributed by atoms with Crippen molar-refractivity contribution >= 4 is 27.3 Å². The van der Waals surface area contributed by atoms with E-state index in [1.54, 1.807) is 11.3 Å². The fourth-order valence-electron chi connectivity index (χ4n) is 4.04. The smallest absolute Gasteiger partial charge is 0.0724 e. The molecule has 1 aromatic heterocycles. The molecule has 1 unspecified atom stereocenters. The minimum Gasteiger partial charge on any atom is -0.396 e. The summed E-state index contributed by atoms with van der Waals surface area (Å²) < 4.78 is 1.16. The van der Waals surface area contributed by atoms with Gasteiger partial charge in [0.05, 0.1) is 12.2 Å². The minimum atomic E-state index is -0.414. The lowest BCUT2D eigenvalue weighted by atomic mass is 9.88. The highest BCUT2D eigenvalue weighted by atomic mass is 79.9. The average molecular weight is 459 g/mol. The Morgan fingerprint density at radius 2 is 1.96 bits per heavy atom. The van der Waals surface area contributed by atoms with E-state index >= 15 is 0 Å². The number of aliphatic hydroxyl groups excluding tert-OH is 3. The Hall–Kier alpha value is -0.200. The van der Waals surface area contributed by atoms with Crippen molar-refractivity contribution in [3.63, 3.8) is 0 Å². The molecule has 1 aromatic rings. The van der Waals surface area contributed by atoms with Crippen LogP contribution >= 0.6 is 27.3 Å². The molecule has 0 amide bonds. The summed E-state index contributed by atoms with van der Waals surface area (Å²) in [6.45, 7) is 2.40. The molecule has 0 spiro atoms. The summed E-state index contributed by atoms with van der Waals surface area (Å²) in [5.74, 6) is 0.729. The van der Waals surface area contributed by atoms with Crippen LogP contribution in [0.1, 0.15) is 67.5 Å². The molecule has 3 nitrogen and oxygen atoms in total. The number of unbranched alkanes of at least 4 members (excludes halogenated alkanes) is 4. The van der Waals surface area contributed by atoms with E-state index in [1.807, 2.05) is 6.08 Å². The van der Waals surface area contributed by atoms with Gasteiger partial charge in [0, 0.05) is 20.8 Å². The highest BCUT2D eigenvalue weighted by Crippen LogP contribution is 2.37. The molecule has 2 rings (SSSR count). The van der Waals surface area contributed by atoms with Crippen LogP contribution in [0.4, 0.5) is 0 Å². The van der Waals surface area contributed by atoms with E-state index in [9.17, 15) is 10.2 Å². The lowest BCUT2D eigenvalue weighted by molar-refractivity contribution is 0.116. The quantitative estimate of drug-likeness (QED) is 0.290. The van der Waals surface area contributed by atoms with Crippen molar-refractivity contribution in [2.45, 2.75) is 83.3 Å². The maximum absolute atomic E-state index is 10.3. The number of halogens is 1. The van der Waals surface area contributed by atoms with Gasteiger partial charge in [-0.3, -0.25) is 0 Å². The largest absolute Gasteiger partial charge is 0.396 e. The van der Waals surface area contributed by atoms with Gasteiger partial charge in [0.15, 0.2) is 0 Å². The second kappa shape index (κ2) is 12.4. The van der Waals surface area contributed by atoms with Crippen molar-refractivity contribution in [2.24, 2.45) is 11.8 Å². The highest BCUT2D eigenvalue weighted by Gasteiger charge is 2.32. The van der Waals surface area contributed by atoms with E-state index in [0.29, 0.717) is 18.4 Å². The summed E-state index contributed by atoms with van der Waals surface area (Å²) >= 11 is 5.34. The van der Waals surface area contributed by atoms with Crippen LogP contribution in [0.15, 0.2) is 22.7 Å². The summed E-state index contributed by atoms with van der Waals surface area (Å²) in [6.07, 6.45) is 13.6. The fourth-order valence-corrected chi connectivity index (χ4v) is 5.66. The number of allylic oxidation sites excluding steroid dienone is 1. The van der Waals surface area contributed by atoms with Crippen LogP contribution in [0.3, 0.4) is 0 Å². The monoisotopic (exact) mass is 458 g/mol. The lowest BCUT2D eigenvalue weighted by Crippen LogP contribution is -2.18. The third-order valence-corrected chi connectivity index (χ3v) is 7.91. The molecule has 3 N–H and O–H groups in total. The van der Waals surface area contributed by atoms with Gasteiger partial charge in [-0.2, -0.15) is 0 Å². The van der Waals surface area contributed by atoms with Crippen LogP contribution < -0.4 is 0 Å². The Morgan fingerprint density at radius 1 is 1.22 bits per heavy atom. The number of aryl methyl sites for hydroxylation is 2. The Kier molecular flexibility index (Phi) is 10.6. The molecule has 0 aromatic carbocycles. The Morgan fingerprint density at radius 3 is 2.67 bits per heavy atom. The van der Waals surface area contributed by atoms with Crippen molar-refractivity contribution in [3.8, 4) is 0 Å². The SMILES string of the molecule is Cc1sc(CC[C@H](O)/C=C/[C@H]2CCC(O)[C@@H]2CCCCCCCO)cc1Br. The zero-order chi connectivity index (χ0) is 19.6. The first kappa shape index (κ1) is 23.1. The number of rotatable bonds is 12. The molecule has 0 aliphatic heterocycles. The first-order valence-electron chi connectivity index (χ1n) is 10.4. The van der Waals surface area contributed by atoms with Crippen LogP contribution in [0, 0.1) is 18.8 Å². The number of aliphatic hydroxyl groups is 3. The second-order valence-electron chi connectivity index (χ2n) is 7.86. The maximum atomic E-state index is 10.3. The van der Waals surface area contributed by atoms with Crippen LogP contribution in [0.25, 0.3) is 0 Å². The van der Waals surface area contributed by atoms with E-state index in [4.69, 9.17) is 5.11 Å². The third kappa shape index (κ3) is 7.98. The molecule has 1 aliphatic carbocycles. The first-order chi connectivity index (χ1) is 13.0. The van der Waals surface area contributed by atoms with E-state index < -0.39 is 6.10 Å². The molecule has 5 heteroatoms. The van der Waals surface area contributed by atoms with E-state index in [-0.39, 0.29) is 6.10 Å². The van der Waals surface area contributed by atoms with Gasteiger partial charge in [-0.15, -0.1) is 11.3 Å². The molecular formula is C22H35BrO3S. The van der Waals surface area contributed by atoms with Crippen molar-refractivity contribution < 1.29 is 15.3 Å². The number of hydrogen-bond acceptors (Lipinski definition) is 4. The molecule has 4 atom stereocenters. The summed E-state index contributed by atoms with van der Waals surface area (Å²) in [6, 6.07) is 2.15. The van der Waals surface area contributed by atoms with Gasteiger partial charge in [-0.05, 0) is 79.3 Å². The van der Waals surface area contributed by atoms with E-state index in [2.05, 4.69) is 35.0 Å². The Balaban J connectivity index is 1.72. The predicted octanol–water partition coefficient (Wildman–Crippen LogP) is 5.39. The van der Waals surface area contributed by atoms with Crippen molar-refractivity contribution in [2.75, 3.05) is 6.61 Å². The highest BCUT2D eigenvalue weighted by molar-refractivity contribution is 9.10. The molecule has 1 heterocycles. The number of hydrogen-bond donors (Lipinski definition) is 3. The molecule has 27 heavy (non-hydrogen) atoms. The van der Waals surface area contributed by atoms with Crippen LogP contribution in [0.2, 0.25) is 0 Å². The normalized spacial score (nSPS) is 24.1. The van der Waals surface area contributed by atoms with Gasteiger partial charge < -0.3 is 15.3 Å². The van der Waals surface area contributed by atoms with Gasteiger partial charge in [0.25, 0.3) is 0 Å². The zero-order valence-corrected chi connectivity index (χ0v) is 18.8.